The molecule has 0 aliphatic carbocycles. The summed E-state index contributed by atoms with van der Waals surface area (Å²) in [6.07, 6.45) is 5.88. The maximum Gasteiger partial charge on any atom is 0.206 e. The lowest BCUT2D eigenvalue weighted by Gasteiger charge is -2.31. The van der Waals surface area contributed by atoms with E-state index >= 15 is 0 Å². The molecule has 1 aliphatic rings. The second kappa shape index (κ2) is 8.18. The SMILES string of the molecule is C=C1c2cc(/C=N\C)ccc2C(COC)C(CO)/[N+]1=C(C)\C=C/C. The van der Waals surface area contributed by atoms with Crippen molar-refractivity contribution in [3.63, 3.8) is 0 Å². The van der Waals surface area contributed by atoms with Crippen molar-refractivity contribution >= 4 is 17.6 Å². The highest BCUT2D eigenvalue weighted by molar-refractivity contribution is 5.91. The van der Waals surface area contributed by atoms with E-state index in [2.05, 4.69) is 28.3 Å². The summed E-state index contributed by atoms with van der Waals surface area (Å²) in [5.41, 5.74) is 5.25. The van der Waals surface area contributed by atoms with Crippen molar-refractivity contribution in [3.05, 3.63) is 53.6 Å². The molecule has 0 bridgehead atoms. The summed E-state index contributed by atoms with van der Waals surface area (Å²) in [6.45, 7) is 8.93. The van der Waals surface area contributed by atoms with Crippen LogP contribution in [0.5, 0.6) is 0 Å². The van der Waals surface area contributed by atoms with E-state index in [1.54, 1.807) is 14.2 Å². The molecular formula is C20H27N2O2+. The molecule has 0 fully saturated rings. The smallest absolute Gasteiger partial charge is 0.206 e. The lowest BCUT2D eigenvalue weighted by Crippen LogP contribution is -2.42. The van der Waals surface area contributed by atoms with Gasteiger partial charge in [0, 0.05) is 38.9 Å². The zero-order valence-electron chi connectivity index (χ0n) is 15.0. The van der Waals surface area contributed by atoms with Gasteiger partial charge in [-0.15, -0.1) is 0 Å². The number of methoxy groups -OCH3 is 1. The Kier molecular flexibility index (Phi) is 6.23. The molecule has 0 aromatic heterocycles. The largest absolute Gasteiger partial charge is 0.389 e. The number of aliphatic hydroxyl groups excluding tert-OH is 1. The van der Waals surface area contributed by atoms with Crippen LogP contribution in [-0.2, 0) is 4.74 Å². The van der Waals surface area contributed by atoms with Gasteiger partial charge in [0.1, 0.15) is 6.61 Å². The lowest BCUT2D eigenvalue weighted by atomic mass is 9.82. The summed E-state index contributed by atoms with van der Waals surface area (Å²) < 4.78 is 7.57. The first-order valence-corrected chi connectivity index (χ1v) is 8.19. The van der Waals surface area contributed by atoms with Gasteiger partial charge in [-0.05, 0) is 30.7 Å². The van der Waals surface area contributed by atoms with Crippen molar-refractivity contribution in [2.75, 3.05) is 27.4 Å². The molecule has 128 valence electrons. The van der Waals surface area contributed by atoms with E-state index in [-0.39, 0.29) is 18.6 Å². The average Bonchev–Trinajstić information content (AvgIpc) is 2.57. The molecule has 1 N–H and O–H groups in total. The maximum absolute atomic E-state index is 10.1. The summed E-state index contributed by atoms with van der Waals surface area (Å²) in [6, 6.07) is 6.17. The van der Waals surface area contributed by atoms with E-state index in [1.807, 2.05) is 38.3 Å². The lowest BCUT2D eigenvalue weighted by molar-refractivity contribution is -0.490. The van der Waals surface area contributed by atoms with Crippen LogP contribution in [0.4, 0.5) is 0 Å². The second-order valence-electron chi connectivity index (χ2n) is 6.00. The summed E-state index contributed by atoms with van der Waals surface area (Å²) >= 11 is 0. The number of ether oxygens (including phenoxy) is 1. The molecule has 0 saturated carbocycles. The normalized spacial score (nSPS) is 23.1. The monoisotopic (exact) mass is 327 g/mol. The first kappa shape index (κ1) is 18.3. The van der Waals surface area contributed by atoms with Crippen molar-refractivity contribution in [2.24, 2.45) is 4.99 Å². The van der Waals surface area contributed by atoms with Gasteiger partial charge in [-0.1, -0.05) is 18.2 Å². The van der Waals surface area contributed by atoms with E-state index in [0.29, 0.717) is 6.61 Å². The topological polar surface area (TPSA) is 44.8 Å². The molecule has 1 aromatic carbocycles. The Morgan fingerprint density at radius 1 is 1.46 bits per heavy atom. The highest BCUT2D eigenvalue weighted by atomic mass is 16.5. The van der Waals surface area contributed by atoms with Gasteiger partial charge in [-0.3, -0.25) is 4.99 Å². The van der Waals surface area contributed by atoms with Crippen LogP contribution in [0.1, 0.15) is 36.5 Å². The first-order chi connectivity index (χ1) is 11.6. The van der Waals surface area contributed by atoms with Gasteiger partial charge in [-0.2, -0.15) is 4.58 Å². The summed E-state index contributed by atoms with van der Waals surface area (Å²) in [5.74, 6) is 0.0771. The summed E-state index contributed by atoms with van der Waals surface area (Å²) in [7, 11) is 3.46. The van der Waals surface area contributed by atoms with Crippen LogP contribution in [-0.4, -0.2) is 55.0 Å². The van der Waals surface area contributed by atoms with E-state index in [1.165, 1.54) is 5.56 Å². The Balaban J connectivity index is 2.70. The predicted molar refractivity (Wildman–Crippen MR) is 100 cm³/mol. The van der Waals surface area contributed by atoms with Gasteiger partial charge in [0.25, 0.3) is 0 Å². The van der Waals surface area contributed by atoms with Gasteiger partial charge in [0.2, 0.25) is 5.70 Å². The fourth-order valence-corrected chi connectivity index (χ4v) is 3.48. The molecule has 0 amide bonds. The molecule has 4 nitrogen and oxygen atoms in total. The second-order valence-corrected chi connectivity index (χ2v) is 6.00. The number of aliphatic hydroxyl groups is 1. The third kappa shape index (κ3) is 3.40. The van der Waals surface area contributed by atoms with Crippen molar-refractivity contribution in [1.82, 2.24) is 0 Å². The molecule has 2 atom stereocenters. The minimum absolute atomic E-state index is 0.0412. The number of nitrogens with zero attached hydrogens (tertiary/aromatic N) is 2. The van der Waals surface area contributed by atoms with E-state index in [0.717, 1.165) is 22.5 Å². The van der Waals surface area contributed by atoms with Crippen molar-refractivity contribution in [1.29, 1.82) is 0 Å². The van der Waals surface area contributed by atoms with E-state index in [4.69, 9.17) is 4.74 Å². The Morgan fingerprint density at radius 2 is 2.21 bits per heavy atom. The molecule has 0 spiro atoms. The third-order valence-electron chi connectivity index (χ3n) is 4.47. The maximum atomic E-state index is 10.1. The first-order valence-electron chi connectivity index (χ1n) is 8.19. The number of aliphatic imine (C=N–C) groups is 1. The van der Waals surface area contributed by atoms with Crippen LogP contribution < -0.4 is 0 Å². The number of allylic oxidation sites excluding steroid dienone is 2. The number of fused-ring (bicyclic) bond motifs is 1. The fourth-order valence-electron chi connectivity index (χ4n) is 3.48. The van der Waals surface area contributed by atoms with Crippen LogP contribution in [0, 0.1) is 0 Å². The Bertz CT molecular complexity index is 702. The Hall–Kier alpha value is -2.04. The van der Waals surface area contributed by atoms with Crippen LogP contribution >= 0.6 is 0 Å². The van der Waals surface area contributed by atoms with Crippen molar-refractivity contribution in [2.45, 2.75) is 25.8 Å². The molecule has 1 aromatic rings. The molecule has 2 unspecified atom stereocenters. The number of hydrogen-bond donors (Lipinski definition) is 1. The van der Waals surface area contributed by atoms with Crippen molar-refractivity contribution in [3.8, 4) is 0 Å². The zero-order chi connectivity index (χ0) is 17.7. The molecule has 24 heavy (non-hydrogen) atoms. The van der Waals surface area contributed by atoms with E-state index in [9.17, 15) is 5.11 Å². The Morgan fingerprint density at radius 3 is 2.79 bits per heavy atom. The average molecular weight is 327 g/mol. The molecule has 2 rings (SSSR count). The van der Waals surface area contributed by atoms with Gasteiger partial charge in [0.15, 0.2) is 11.8 Å². The minimum atomic E-state index is -0.0909. The number of benzene rings is 1. The highest BCUT2D eigenvalue weighted by Gasteiger charge is 2.41. The molecule has 0 radical (unpaired) electrons. The van der Waals surface area contributed by atoms with Gasteiger partial charge >= 0.3 is 0 Å². The van der Waals surface area contributed by atoms with Crippen LogP contribution in [0.15, 0.2) is 41.9 Å². The van der Waals surface area contributed by atoms with E-state index < -0.39 is 0 Å². The quantitative estimate of drug-likeness (QED) is 0.668. The standard InChI is InChI=1S/C20H27N2O2/c1-6-7-14(2)22-15(3)18-10-16(11-21-4)8-9-17(18)19(13-24-5)20(22)12-23/h6-11,19-20,23H,3,12-13H2,1-2,4-5H3/q+1/b7-6-,21-11-,22-14-. The number of rotatable bonds is 5. The summed E-state index contributed by atoms with van der Waals surface area (Å²) in [4.78, 5) is 4.10. The zero-order valence-corrected chi connectivity index (χ0v) is 15.0. The molecule has 1 aliphatic heterocycles. The molecule has 0 saturated heterocycles. The molecular weight excluding hydrogens is 300 g/mol. The fraction of sp³-hybridized carbons (Fsp3) is 0.400. The number of hydrogen-bond acceptors (Lipinski definition) is 3. The van der Waals surface area contributed by atoms with Gasteiger partial charge in [0.05, 0.1) is 12.5 Å². The van der Waals surface area contributed by atoms with Crippen molar-refractivity contribution < 1.29 is 14.4 Å². The van der Waals surface area contributed by atoms with Crippen LogP contribution in [0.25, 0.3) is 5.70 Å². The molecule has 1 heterocycles. The highest BCUT2D eigenvalue weighted by Crippen LogP contribution is 2.37. The van der Waals surface area contributed by atoms with Gasteiger partial charge in [-0.25, -0.2) is 0 Å². The van der Waals surface area contributed by atoms with Crippen LogP contribution in [0.3, 0.4) is 0 Å². The van der Waals surface area contributed by atoms with Gasteiger partial charge < -0.3 is 9.84 Å². The summed E-state index contributed by atoms with van der Waals surface area (Å²) in [5, 5.41) is 10.1. The van der Waals surface area contributed by atoms with Crippen LogP contribution in [0.2, 0.25) is 0 Å². The third-order valence-corrected chi connectivity index (χ3v) is 4.47. The Labute approximate surface area is 144 Å². The molecule has 4 heteroatoms. The minimum Gasteiger partial charge on any atom is -0.389 e. The predicted octanol–water partition coefficient (Wildman–Crippen LogP) is 2.86.